The Balaban J connectivity index is 1.62. The zero-order valence-electron chi connectivity index (χ0n) is 19.8. The van der Waals surface area contributed by atoms with Gasteiger partial charge in [-0.25, -0.2) is 13.1 Å². The van der Waals surface area contributed by atoms with E-state index in [9.17, 15) is 8.42 Å². The van der Waals surface area contributed by atoms with Crippen LogP contribution in [0.15, 0.2) is 90.2 Å². The van der Waals surface area contributed by atoms with Crippen molar-refractivity contribution >= 4 is 15.7 Å². The molecule has 0 unspecified atom stereocenters. The molecule has 3 aromatic carbocycles. The molecule has 178 valence electrons. The van der Waals surface area contributed by atoms with E-state index in [1.165, 1.54) is 10.7 Å². The van der Waals surface area contributed by atoms with Crippen LogP contribution in [0.25, 0.3) is 16.9 Å². The molecule has 1 aliphatic heterocycles. The lowest BCUT2D eigenvalue weighted by Gasteiger charge is -2.21. The van der Waals surface area contributed by atoms with Crippen molar-refractivity contribution in [1.29, 1.82) is 0 Å². The van der Waals surface area contributed by atoms with Gasteiger partial charge in [-0.05, 0) is 48.9 Å². The smallest absolute Gasteiger partial charge is 0.247 e. The predicted molar refractivity (Wildman–Crippen MR) is 137 cm³/mol. The number of methoxy groups -OCH3 is 1. The molecule has 0 bridgehead atoms. The predicted octanol–water partition coefficient (Wildman–Crippen LogP) is 4.97. The van der Waals surface area contributed by atoms with Gasteiger partial charge >= 0.3 is 0 Å². The molecule has 1 atom stereocenters. The fourth-order valence-electron chi connectivity index (χ4n) is 4.26. The van der Waals surface area contributed by atoms with E-state index in [0.717, 1.165) is 39.4 Å². The fourth-order valence-corrected chi connectivity index (χ4v) is 5.16. The monoisotopic (exact) mass is 486 g/mol. The quantitative estimate of drug-likeness (QED) is 0.386. The molecule has 0 fully saturated rings. The van der Waals surface area contributed by atoms with Crippen molar-refractivity contribution in [2.75, 3.05) is 13.4 Å². The summed E-state index contributed by atoms with van der Waals surface area (Å²) in [6, 6.07) is 24.9. The fraction of sp³-hybridized carbons (Fsp3) is 0.185. The van der Waals surface area contributed by atoms with Crippen LogP contribution in [-0.4, -0.2) is 41.7 Å². The highest BCUT2D eigenvalue weighted by Crippen LogP contribution is 2.39. The Hall–Kier alpha value is -3.91. The number of para-hydroxylation sites is 1. The van der Waals surface area contributed by atoms with Gasteiger partial charge in [0.1, 0.15) is 5.75 Å². The van der Waals surface area contributed by atoms with E-state index in [1.54, 1.807) is 11.8 Å². The van der Waals surface area contributed by atoms with Gasteiger partial charge in [0.2, 0.25) is 10.0 Å². The van der Waals surface area contributed by atoms with Crippen LogP contribution in [0, 0.1) is 6.92 Å². The molecule has 1 aliphatic rings. The van der Waals surface area contributed by atoms with Crippen molar-refractivity contribution in [3.63, 3.8) is 0 Å². The highest BCUT2D eigenvalue weighted by Gasteiger charge is 2.37. The van der Waals surface area contributed by atoms with Crippen LogP contribution < -0.4 is 4.74 Å². The summed E-state index contributed by atoms with van der Waals surface area (Å²) in [5.41, 5.74) is 6.05. The number of ether oxygens (including phenoxy) is 1. The Morgan fingerprint density at radius 1 is 0.914 bits per heavy atom. The van der Waals surface area contributed by atoms with Gasteiger partial charge in [-0.15, -0.1) is 0 Å². The number of aryl methyl sites for hydroxylation is 1. The van der Waals surface area contributed by atoms with Gasteiger partial charge in [-0.1, -0.05) is 48.0 Å². The lowest BCUT2D eigenvalue weighted by atomic mass is 9.97. The summed E-state index contributed by atoms with van der Waals surface area (Å²) in [5, 5.41) is 9.45. The molecule has 4 aromatic rings. The van der Waals surface area contributed by atoms with E-state index in [-0.39, 0.29) is 0 Å². The highest BCUT2D eigenvalue weighted by atomic mass is 32.2. The van der Waals surface area contributed by atoms with E-state index >= 15 is 0 Å². The van der Waals surface area contributed by atoms with Gasteiger partial charge in [0.05, 0.1) is 36.5 Å². The second-order valence-corrected chi connectivity index (χ2v) is 10.5. The number of hydrogen-bond acceptors (Lipinski definition) is 5. The number of benzene rings is 3. The van der Waals surface area contributed by atoms with Gasteiger partial charge in [-0.3, -0.25) is 0 Å². The third-order valence-corrected chi connectivity index (χ3v) is 7.10. The molecule has 1 aromatic heterocycles. The number of hydrogen-bond donors (Lipinski definition) is 0. The van der Waals surface area contributed by atoms with Crippen molar-refractivity contribution < 1.29 is 13.2 Å². The first-order valence-corrected chi connectivity index (χ1v) is 13.1. The summed E-state index contributed by atoms with van der Waals surface area (Å²) in [7, 11) is -2.02. The Kier molecular flexibility index (Phi) is 5.90. The minimum Gasteiger partial charge on any atom is -0.497 e. The normalized spacial score (nSPS) is 15.8. The van der Waals surface area contributed by atoms with Gasteiger partial charge in [0, 0.05) is 23.7 Å². The molecule has 0 amide bonds. The first-order valence-electron chi connectivity index (χ1n) is 11.3. The second kappa shape index (κ2) is 9.03. The van der Waals surface area contributed by atoms with Crippen LogP contribution >= 0.6 is 0 Å². The average Bonchev–Trinajstić information content (AvgIpc) is 3.50. The zero-order valence-corrected chi connectivity index (χ0v) is 20.6. The number of sulfonamides is 1. The molecule has 7 nitrogen and oxygen atoms in total. The number of aromatic nitrogens is 2. The largest absolute Gasteiger partial charge is 0.497 e. The third-order valence-electron chi connectivity index (χ3n) is 6.08. The second-order valence-electron chi connectivity index (χ2n) is 8.61. The van der Waals surface area contributed by atoms with E-state index in [2.05, 4.69) is 5.10 Å². The van der Waals surface area contributed by atoms with Crippen LogP contribution in [-0.2, 0) is 10.0 Å². The van der Waals surface area contributed by atoms with Crippen LogP contribution in [0.3, 0.4) is 0 Å². The Labute approximate surface area is 205 Å². The maximum atomic E-state index is 12.8. The SMILES string of the molecule is COc1ccc(C2=NN(S(C)(=O)=O)[C@H](c3cn(-c4ccccc4)nc3-c3ccc(C)cc3)C2)cc1. The van der Waals surface area contributed by atoms with E-state index < -0.39 is 16.1 Å². The van der Waals surface area contributed by atoms with Crippen LogP contribution in [0.4, 0.5) is 0 Å². The maximum Gasteiger partial charge on any atom is 0.247 e. The Morgan fingerprint density at radius 2 is 1.57 bits per heavy atom. The summed E-state index contributed by atoms with van der Waals surface area (Å²) >= 11 is 0. The molecule has 5 rings (SSSR count). The van der Waals surface area contributed by atoms with Crippen molar-refractivity contribution in [3.05, 3.63) is 102 Å². The summed E-state index contributed by atoms with van der Waals surface area (Å²) in [6.07, 6.45) is 3.53. The maximum absolute atomic E-state index is 12.8. The summed E-state index contributed by atoms with van der Waals surface area (Å²) in [6.45, 7) is 2.03. The molecule has 0 N–H and O–H groups in total. The molecule has 8 heteroatoms. The van der Waals surface area contributed by atoms with Gasteiger partial charge < -0.3 is 4.74 Å². The number of nitrogens with zero attached hydrogens (tertiary/aromatic N) is 4. The minimum atomic E-state index is -3.63. The Morgan fingerprint density at radius 3 is 2.20 bits per heavy atom. The lowest BCUT2D eigenvalue weighted by molar-refractivity contribution is 0.375. The van der Waals surface area contributed by atoms with Crippen molar-refractivity contribution in [2.24, 2.45) is 5.10 Å². The first kappa shape index (κ1) is 22.9. The average molecular weight is 487 g/mol. The molecule has 0 saturated heterocycles. The zero-order chi connectivity index (χ0) is 24.6. The van der Waals surface area contributed by atoms with E-state index in [4.69, 9.17) is 9.84 Å². The lowest BCUT2D eigenvalue weighted by Crippen LogP contribution is -2.26. The Bertz CT molecular complexity index is 1480. The molecule has 0 saturated carbocycles. The van der Waals surface area contributed by atoms with Gasteiger partial charge in [-0.2, -0.15) is 14.6 Å². The summed E-state index contributed by atoms with van der Waals surface area (Å²) < 4.78 is 34.0. The highest BCUT2D eigenvalue weighted by molar-refractivity contribution is 7.88. The molecule has 0 radical (unpaired) electrons. The van der Waals surface area contributed by atoms with Crippen molar-refractivity contribution in [3.8, 4) is 22.7 Å². The van der Waals surface area contributed by atoms with Crippen molar-refractivity contribution in [1.82, 2.24) is 14.2 Å². The number of rotatable bonds is 6. The van der Waals surface area contributed by atoms with E-state index in [0.29, 0.717) is 12.1 Å². The number of hydrazone groups is 1. The molecule has 2 heterocycles. The summed E-state index contributed by atoms with van der Waals surface area (Å²) in [4.78, 5) is 0. The van der Waals surface area contributed by atoms with Gasteiger partial charge in [0.15, 0.2) is 0 Å². The van der Waals surface area contributed by atoms with E-state index in [1.807, 2.05) is 92.0 Å². The standard InChI is InChI=1S/C27H26N4O3S/c1-19-9-11-21(12-10-19)27-24(18-30(29-27)22-7-5-4-6-8-22)26-17-25(28-31(26)35(3,32)33)20-13-15-23(34-2)16-14-20/h4-16,18,26H,17H2,1-3H3/t26-/m0/s1. The minimum absolute atomic E-state index is 0.429. The third kappa shape index (κ3) is 4.57. The van der Waals surface area contributed by atoms with Crippen LogP contribution in [0.2, 0.25) is 0 Å². The van der Waals surface area contributed by atoms with Crippen molar-refractivity contribution in [2.45, 2.75) is 19.4 Å². The molecule has 35 heavy (non-hydrogen) atoms. The van der Waals surface area contributed by atoms with Crippen LogP contribution in [0.1, 0.15) is 29.2 Å². The molecule has 0 aliphatic carbocycles. The van der Waals surface area contributed by atoms with Gasteiger partial charge in [0.25, 0.3) is 0 Å². The molecular weight excluding hydrogens is 460 g/mol. The molecular formula is C27H26N4O3S. The molecule has 0 spiro atoms. The first-order chi connectivity index (χ1) is 16.8. The topological polar surface area (TPSA) is 76.8 Å². The summed E-state index contributed by atoms with van der Waals surface area (Å²) in [5.74, 6) is 0.731. The van der Waals surface area contributed by atoms with Crippen LogP contribution in [0.5, 0.6) is 5.75 Å².